The van der Waals surface area contributed by atoms with Crippen LogP contribution in [0.15, 0.2) is 24.3 Å². The highest BCUT2D eigenvalue weighted by molar-refractivity contribution is 5.56. The molecule has 0 fully saturated rings. The van der Waals surface area contributed by atoms with Gasteiger partial charge in [0, 0.05) is 17.0 Å². The van der Waals surface area contributed by atoms with Crippen LogP contribution in [0.3, 0.4) is 0 Å². The second kappa shape index (κ2) is 11.0. The van der Waals surface area contributed by atoms with Gasteiger partial charge < -0.3 is 10.2 Å². The molecule has 33 heavy (non-hydrogen) atoms. The molecule has 0 aliphatic carbocycles. The Morgan fingerprint density at radius 2 is 1.00 bits per heavy atom. The van der Waals surface area contributed by atoms with E-state index in [1.165, 1.54) is 11.1 Å². The number of aryl methyl sites for hydroxylation is 2. The Labute approximate surface area is 203 Å². The Kier molecular flexibility index (Phi) is 9.08. The molecule has 0 amide bonds. The van der Waals surface area contributed by atoms with Crippen molar-refractivity contribution in [1.29, 1.82) is 0 Å². The average molecular weight is 453 g/mol. The zero-order valence-corrected chi connectivity index (χ0v) is 22.7. The van der Waals surface area contributed by atoms with E-state index in [-0.39, 0.29) is 16.7 Å². The first kappa shape index (κ1) is 27.3. The topological polar surface area (TPSA) is 40.5 Å². The maximum atomic E-state index is 11.5. The molecular weight excluding hydrogens is 404 g/mol. The molecule has 0 radical (unpaired) electrons. The van der Waals surface area contributed by atoms with Crippen molar-refractivity contribution in [3.05, 3.63) is 57.6 Å². The van der Waals surface area contributed by atoms with Gasteiger partial charge in [-0.1, -0.05) is 99.4 Å². The summed E-state index contributed by atoms with van der Waals surface area (Å²) < 4.78 is 0. The van der Waals surface area contributed by atoms with Crippen LogP contribution < -0.4 is 0 Å². The molecule has 0 atom stereocenters. The lowest BCUT2D eigenvalue weighted by atomic mass is 9.77. The summed E-state index contributed by atoms with van der Waals surface area (Å²) in [5.41, 5.74) is 6.18. The SMILES string of the molecule is CCCCc1cc(C(CC)c2cc(CCCC)cc(C(C)(C)C)c2O)c(O)c(C(C)(C)C)c1. The minimum absolute atomic E-state index is 0.0460. The van der Waals surface area contributed by atoms with Gasteiger partial charge in [-0.3, -0.25) is 0 Å². The van der Waals surface area contributed by atoms with Crippen molar-refractivity contribution in [3.8, 4) is 11.5 Å². The van der Waals surface area contributed by atoms with Gasteiger partial charge in [0.25, 0.3) is 0 Å². The molecule has 184 valence electrons. The molecule has 0 aliphatic heterocycles. The van der Waals surface area contributed by atoms with Crippen LogP contribution >= 0.6 is 0 Å². The number of aromatic hydroxyl groups is 2. The average Bonchev–Trinajstić information content (AvgIpc) is 2.72. The van der Waals surface area contributed by atoms with Crippen LogP contribution in [0.25, 0.3) is 0 Å². The van der Waals surface area contributed by atoms with Crippen LogP contribution in [0.4, 0.5) is 0 Å². The van der Waals surface area contributed by atoms with Crippen LogP contribution in [-0.4, -0.2) is 10.2 Å². The fourth-order valence-corrected chi connectivity index (χ4v) is 4.77. The maximum absolute atomic E-state index is 11.5. The normalized spacial score (nSPS) is 12.5. The molecule has 0 bridgehead atoms. The lowest BCUT2D eigenvalue weighted by Crippen LogP contribution is -2.16. The zero-order chi connectivity index (χ0) is 25.0. The molecular formula is C31H48O2. The molecule has 0 aliphatic rings. The van der Waals surface area contributed by atoms with Gasteiger partial charge in [0.1, 0.15) is 11.5 Å². The number of unbranched alkanes of at least 4 members (excludes halogenated alkanes) is 2. The number of benzene rings is 2. The summed E-state index contributed by atoms with van der Waals surface area (Å²) in [5.74, 6) is 0.742. The van der Waals surface area contributed by atoms with Gasteiger partial charge in [0.15, 0.2) is 0 Å². The largest absolute Gasteiger partial charge is 0.507 e. The minimum Gasteiger partial charge on any atom is -0.507 e. The third-order valence-corrected chi connectivity index (χ3v) is 6.81. The second-order valence-corrected chi connectivity index (χ2v) is 11.8. The predicted molar refractivity (Wildman–Crippen MR) is 143 cm³/mol. The predicted octanol–water partition coefficient (Wildman–Crippen LogP) is 8.92. The molecule has 0 saturated heterocycles. The van der Waals surface area contributed by atoms with Crippen molar-refractivity contribution in [2.75, 3.05) is 0 Å². The van der Waals surface area contributed by atoms with Crippen LogP contribution in [0.5, 0.6) is 11.5 Å². The number of phenolic OH excluding ortho intramolecular Hbond substituents is 2. The van der Waals surface area contributed by atoms with E-state index in [2.05, 4.69) is 86.6 Å². The summed E-state index contributed by atoms with van der Waals surface area (Å²) in [6, 6.07) is 8.78. The number of hydrogen-bond acceptors (Lipinski definition) is 2. The standard InChI is InChI=1S/C31H48O2/c1-10-13-15-21-17-24(28(32)26(19-21)30(4,5)6)23(12-3)25-18-22(16-14-11-2)20-27(29(25)33)31(7,8)9/h17-20,23,32-33H,10-16H2,1-9H3. The van der Waals surface area contributed by atoms with E-state index in [1.54, 1.807) is 0 Å². The highest BCUT2D eigenvalue weighted by atomic mass is 16.3. The lowest BCUT2D eigenvalue weighted by Gasteiger charge is -2.29. The first-order chi connectivity index (χ1) is 15.3. The van der Waals surface area contributed by atoms with Gasteiger partial charge in [-0.15, -0.1) is 0 Å². The summed E-state index contributed by atoms with van der Waals surface area (Å²) in [7, 11) is 0. The van der Waals surface area contributed by atoms with Crippen molar-refractivity contribution in [3.63, 3.8) is 0 Å². The van der Waals surface area contributed by atoms with Crippen molar-refractivity contribution >= 4 is 0 Å². The lowest BCUT2D eigenvalue weighted by molar-refractivity contribution is 0.426. The van der Waals surface area contributed by atoms with E-state index in [0.717, 1.165) is 67.2 Å². The Bertz CT molecular complexity index is 850. The number of hydrogen-bond donors (Lipinski definition) is 2. The van der Waals surface area contributed by atoms with Crippen LogP contribution in [0, 0.1) is 0 Å². The van der Waals surface area contributed by atoms with E-state index >= 15 is 0 Å². The molecule has 2 aromatic rings. The molecule has 2 nitrogen and oxygen atoms in total. The van der Waals surface area contributed by atoms with Gasteiger partial charge in [-0.2, -0.15) is 0 Å². The highest BCUT2D eigenvalue weighted by Gasteiger charge is 2.29. The molecule has 0 unspecified atom stereocenters. The number of rotatable bonds is 9. The fourth-order valence-electron chi connectivity index (χ4n) is 4.77. The van der Waals surface area contributed by atoms with Crippen molar-refractivity contribution in [1.82, 2.24) is 0 Å². The van der Waals surface area contributed by atoms with Gasteiger partial charge >= 0.3 is 0 Å². The highest BCUT2D eigenvalue weighted by Crippen LogP contribution is 2.46. The molecule has 2 aromatic carbocycles. The van der Waals surface area contributed by atoms with Crippen LogP contribution in [0.1, 0.15) is 134 Å². The Morgan fingerprint density at radius 3 is 1.27 bits per heavy atom. The van der Waals surface area contributed by atoms with E-state index in [0.29, 0.717) is 11.5 Å². The monoisotopic (exact) mass is 452 g/mol. The third kappa shape index (κ3) is 6.55. The van der Waals surface area contributed by atoms with Gasteiger partial charge in [0.2, 0.25) is 0 Å². The molecule has 0 spiro atoms. The quantitative estimate of drug-likeness (QED) is 0.398. The van der Waals surface area contributed by atoms with Gasteiger partial charge in [-0.05, 0) is 65.2 Å². The first-order valence-corrected chi connectivity index (χ1v) is 13.1. The van der Waals surface area contributed by atoms with Crippen molar-refractivity contribution in [2.24, 2.45) is 0 Å². The minimum atomic E-state index is -0.152. The van der Waals surface area contributed by atoms with Crippen molar-refractivity contribution in [2.45, 2.75) is 124 Å². The van der Waals surface area contributed by atoms with E-state index < -0.39 is 0 Å². The Hall–Kier alpha value is -1.96. The summed E-state index contributed by atoms with van der Waals surface area (Å²) in [4.78, 5) is 0. The molecule has 0 aromatic heterocycles. The first-order valence-electron chi connectivity index (χ1n) is 13.1. The second-order valence-electron chi connectivity index (χ2n) is 11.8. The molecule has 0 heterocycles. The third-order valence-electron chi connectivity index (χ3n) is 6.81. The van der Waals surface area contributed by atoms with Crippen LogP contribution in [0.2, 0.25) is 0 Å². The smallest absolute Gasteiger partial charge is 0.123 e. The van der Waals surface area contributed by atoms with Crippen LogP contribution in [-0.2, 0) is 23.7 Å². The zero-order valence-electron chi connectivity index (χ0n) is 22.7. The van der Waals surface area contributed by atoms with E-state index in [9.17, 15) is 10.2 Å². The Balaban J connectivity index is 2.78. The van der Waals surface area contributed by atoms with Gasteiger partial charge in [0.05, 0.1) is 0 Å². The van der Waals surface area contributed by atoms with E-state index in [4.69, 9.17) is 0 Å². The summed E-state index contributed by atoms with van der Waals surface area (Å²) in [6.45, 7) is 19.6. The molecule has 2 N–H and O–H groups in total. The molecule has 0 saturated carbocycles. The fraction of sp³-hybridized carbons (Fsp3) is 0.613. The maximum Gasteiger partial charge on any atom is 0.123 e. The molecule has 2 rings (SSSR count). The van der Waals surface area contributed by atoms with Gasteiger partial charge in [-0.25, -0.2) is 0 Å². The number of phenols is 2. The summed E-state index contributed by atoms with van der Waals surface area (Å²) >= 11 is 0. The summed E-state index contributed by atoms with van der Waals surface area (Å²) in [6.07, 6.45) is 7.41. The Morgan fingerprint density at radius 1 is 0.636 bits per heavy atom. The van der Waals surface area contributed by atoms with E-state index in [1.807, 2.05) is 0 Å². The molecule has 2 heteroatoms. The van der Waals surface area contributed by atoms with Crippen molar-refractivity contribution < 1.29 is 10.2 Å². The summed E-state index contributed by atoms with van der Waals surface area (Å²) in [5, 5.41) is 23.0.